The van der Waals surface area contributed by atoms with Gasteiger partial charge < -0.3 is 4.90 Å². The van der Waals surface area contributed by atoms with Gasteiger partial charge in [0.2, 0.25) is 0 Å². The Balaban J connectivity index is 2.08. The van der Waals surface area contributed by atoms with E-state index in [1.807, 2.05) is 18.2 Å². The van der Waals surface area contributed by atoms with E-state index in [0.717, 1.165) is 28.2 Å². The van der Waals surface area contributed by atoms with Crippen LogP contribution in [0.25, 0.3) is 0 Å². The number of halogens is 1. The summed E-state index contributed by atoms with van der Waals surface area (Å²) >= 11 is 3.42. The quantitative estimate of drug-likeness (QED) is 0.830. The van der Waals surface area contributed by atoms with E-state index in [1.54, 1.807) is 0 Å². The Morgan fingerprint density at radius 1 is 1.33 bits per heavy atom. The molecule has 1 saturated carbocycles. The van der Waals surface area contributed by atoms with Crippen molar-refractivity contribution in [1.82, 2.24) is 0 Å². The second-order valence-electron chi connectivity index (χ2n) is 5.16. The molecule has 0 aromatic heterocycles. The Morgan fingerprint density at radius 2 is 2.06 bits per heavy atom. The molecule has 0 spiro atoms. The smallest absolute Gasteiger partial charge is 0.101 e. The monoisotopic (exact) mass is 306 g/mol. The first-order valence-corrected chi connectivity index (χ1v) is 7.41. The zero-order chi connectivity index (χ0) is 13.0. The standard InChI is InChI=1S/C15H19BrN2/c1-18(11-12-5-3-2-4-6-12)15-8-7-14(16)9-13(15)10-17/h7-9,12H,2-6,11H2,1H3. The average Bonchev–Trinajstić information content (AvgIpc) is 2.39. The van der Waals surface area contributed by atoms with Crippen molar-refractivity contribution in [3.05, 3.63) is 28.2 Å². The number of benzene rings is 1. The maximum atomic E-state index is 9.20. The van der Waals surface area contributed by atoms with E-state index in [9.17, 15) is 5.26 Å². The summed E-state index contributed by atoms with van der Waals surface area (Å²) in [6.07, 6.45) is 6.79. The predicted molar refractivity (Wildman–Crippen MR) is 78.7 cm³/mol. The van der Waals surface area contributed by atoms with E-state index in [-0.39, 0.29) is 0 Å². The maximum absolute atomic E-state index is 9.20. The summed E-state index contributed by atoms with van der Waals surface area (Å²) in [5, 5.41) is 9.20. The molecule has 1 aromatic carbocycles. The summed E-state index contributed by atoms with van der Waals surface area (Å²) in [7, 11) is 2.10. The highest BCUT2D eigenvalue weighted by atomic mass is 79.9. The molecule has 1 aromatic rings. The van der Waals surface area contributed by atoms with Gasteiger partial charge in [-0.2, -0.15) is 5.26 Å². The molecule has 18 heavy (non-hydrogen) atoms. The highest BCUT2D eigenvalue weighted by molar-refractivity contribution is 9.10. The molecule has 0 amide bonds. The Bertz CT molecular complexity index is 444. The first-order valence-electron chi connectivity index (χ1n) is 6.61. The summed E-state index contributed by atoms with van der Waals surface area (Å²) in [6.45, 7) is 1.07. The summed E-state index contributed by atoms with van der Waals surface area (Å²) in [6, 6.07) is 8.22. The Kier molecular flexibility index (Phi) is 4.66. The van der Waals surface area contributed by atoms with Crippen LogP contribution in [0.2, 0.25) is 0 Å². The number of nitriles is 1. The fraction of sp³-hybridized carbons (Fsp3) is 0.533. The van der Waals surface area contributed by atoms with Gasteiger partial charge in [0, 0.05) is 18.1 Å². The van der Waals surface area contributed by atoms with E-state index in [1.165, 1.54) is 32.1 Å². The fourth-order valence-corrected chi connectivity index (χ4v) is 3.15. The van der Waals surface area contributed by atoms with Crippen molar-refractivity contribution >= 4 is 21.6 Å². The molecule has 2 nitrogen and oxygen atoms in total. The minimum atomic E-state index is 0.752. The molecule has 0 saturated heterocycles. The lowest BCUT2D eigenvalue weighted by Gasteiger charge is -2.28. The lowest BCUT2D eigenvalue weighted by Crippen LogP contribution is -2.27. The van der Waals surface area contributed by atoms with Gasteiger partial charge in [-0.15, -0.1) is 0 Å². The molecule has 96 valence electrons. The molecule has 0 atom stereocenters. The summed E-state index contributed by atoms with van der Waals surface area (Å²) < 4.78 is 0.967. The van der Waals surface area contributed by atoms with Crippen LogP contribution in [-0.2, 0) is 0 Å². The zero-order valence-electron chi connectivity index (χ0n) is 10.8. The first kappa shape index (κ1) is 13.4. The van der Waals surface area contributed by atoms with Crippen LogP contribution < -0.4 is 4.90 Å². The number of hydrogen-bond donors (Lipinski definition) is 0. The summed E-state index contributed by atoms with van der Waals surface area (Å²) in [5.41, 5.74) is 1.80. The molecule has 0 radical (unpaired) electrons. The SMILES string of the molecule is CN(CC1CCCCC1)c1ccc(Br)cc1C#N. The molecule has 2 rings (SSSR count). The average molecular weight is 307 g/mol. The normalized spacial score (nSPS) is 16.3. The maximum Gasteiger partial charge on any atom is 0.101 e. The van der Waals surface area contributed by atoms with E-state index in [2.05, 4.69) is 33.9 Å². The van der Waals surface area contributed by atoms with Gasteiger partial charge in [-0.25, -0.2) is 0 Å². The van der Waals surface area contributed by atoms with Crippen molar-refractivity contribution in [2.24, 2.45) is 5.92 Å². The van der Waals surface area contributed by atoms with Crippen LogP contribution in [0.1, 0.15) is 37.7 Å². The third kappa shape index (κ3) is 3.26. The molecular formula is C15H19BrN2. The topological polar surface area (TPSA) is 27.0 Å². The molecule has 0 N–H and O–H groups in total. The van der Waals surface area contributed by atoms with Crippen LogP contribution in [-0.4, -0.2) is 13.6 Å². The van der Waals surface area contributed by atoms with E-state index < -0.39 is 0 Å². The number of rotatable bonds is 3. The number of nitrogens with zero attached hydrogens (tertiary/aromatic N) is 2. The summed E-state index contributed by atoms with van der Waals surface area (Å²) in [5.74, 6) is 0.791. The highest BCUT2D eigenvalue weighted by Gasteiger charge is 2.17. The van der Waals surface area contributed by atoms with Gasteiger partial charge in [-0.3, -0.25) is 0 Å². The van der Waals surface area contributed by atoms with Crippen molar-refractivity contribution in [1.29, 1.82) is 5.26 Å². The molecule has 3 heteroatoms. The minimum Gasteiger partial charge on any atom is -0.373 e. The minimum absolute atomic E-state index is 0.752. The molecule has 1 aliphatic carbocycles. The van der Waals surface area contributed by atoms with Crippen molar-refractivity contribution in [2.45, 2.75) is 32.1 Å². The van der Waals surface area contributed by atoms with Gasteiger partial charge in [-0.05, 0) is 37.0 Å². The predicted octanol–water partition coefficient (Wildman–Crippen LogP) is 4.34. The Morgan fingerprint density at radius 3 is 2.72 bits per heavy atom. The van der Waals surface area contributed by atoms with Crippen molar-refractivity contribution in [3.63, 3.8) is 0 Å². The van der Waals surface area contributed by atoms with E-state index >= 15 is 0 Å². The third-order valence-corrected chi connectivity index (χ3v) is 4.24. The molecular weight excluding hydrogens is 288 g/mol. The highest BCUT2D eigenvalue weighted by Crippen LogP contribution is 2.28. The van der Waals surface area contributed by atoms with Gasteiger partial charge in [0.15, 0.2) is 0 Å². The molecule has 1 aliphatic rings. The van der Waals surface area contributed by atoms with Crippen molar-refractivity contribution in [2.75, 3.05) is 18.5 Å². The largest absolute Gasteiger partial charge is 0.373 e. The lowest BCUT2D eigenvalue weighted by molar-refractivity contribution is 0.362. The summed E-state index contributed by atoms with van der Waals surface area (Å²) in [4.78, 5) is 2.24. The van der Waals surface area contributed by atoms with E-state index in [0.29, 0.717) is 0 Å². The molecule has 1 fully saturated rings. The Labute approximate surface area is 118 Å². The van der Waals surface area contributed by atoms with E-state index in [4.69, 9.17) is 0 Å². The van der Waals surface area contributed by atoms with Crippen LogP contribution in [0.3, 0.4) is 0 Å². The van der Waals surface area contributed by atoms with Gasteiger partial charge in [0.1, 0.15) is 6.07 Å². The van der Waals surface area contributed by atoms with Crippen LogP contribution >= 0.6 is 15.9 Å². The van der Waals surface area contributed by atoms with Crippen LogP contribution in [0.5, 0.6) is 0 Å². The number of anilines is 1. The zero-order valence-corrected chi connectivity index (χ0v) is 12.4. The molecule has 0 heterocycles. The second-order valence-corrected chi connectivity index (χ2v) is 6.07. The Hall–Kier alpha value is -1.01. The van der Waals surface area contributed by atoms with Crippen LogP contribution in [0, 0.1) is 17.2 Å². The second kappa shape index (κ2) is 6.24. The van der Waals surface area contributed by atoms with Gasteiger partial charge in [-0.1, -0.05) is 35.2 Å². The van der Waals surface area contributed by atoms with Gasteiger partial charge >= 0.3 is 0 Å². The van der Waals surface area contributed by atoms with Crippen LogP contribution in [0.15, 0.2) is 22.7 Å². The lowest BCUT2D eigenvalue weighted by atomic mass is 9.89. The van der Waals surface area contributed by atoms with Gasteiger partial charge in [0.25, 0.3) is 0 Å². The first-order chi connectivity index (χ1) is 8.70. The van der Waals surface area contributed by atoms with Crippen LogP contribution in [0.4, 0.5) is 5.69 Å². The van der Waals surface area contributed by atoms with Gasteiger partial charge in [0.05, 0.1) is 11.3 Å². The van der Waals surface area contributed by atoms with Crippen molar-refractivity contribution in [3.8, 4) is 6.07 Å². The van der Waals surface area contributed by atoms with Crippen molar-refractivity contribution < 1.29 is 0 Å². The third-order valence-electron chi connectivity index (χ3n) is 3.75. The molecule has 0 aliphatic heterocycles. The molecule has 0 unspecified atom stereocenters. The molecule has 0 bridgehead atoms. The fourth-order valence-electron chi connectivity index (χ4n) is 2.79. The number of hydrogen-bond acceptors (Lipinski definition) is 2.